The number of halogens is 3. The fourth-order valence-corrected chi connectivity index (χ4v) is 1.01. The number of aliphatic carboxylic acids is 1. The predicted molar refractivity (Wildman–Crippen MR) is 49.7 cm³/mol. The lowest BCUT2D eigenvalue weighted by Gasteiger charge is -2.05. The van der Waals surface area contributed by atoms with E-state index in [1.165, 1.54) is 12.1 Å². The van der Waals surface area contributed by atoms with Crippen molar-refractivity contribution in [3.05, 3.63) is 41.7 Å². The molecule has 0 aliphatic heterocycles. The molecule has 0 fully saturated rings. The third kappa shape index (κ3) is 3.72. The number of alkyl halides is 3. The molecule has 0 unspecified atom stereocenters. The van der Waals surface area contributed by atoms with Crippen molar-refractivity contribution in [2.75, 3.05) is 0 Å². The van der Waals surface area contributed by atoms with E-state index < -0.39 is 17.8 Å². The highest BCUT2D eigenvalue weighted by molar-refractivity contribution is 5.79. The van der Waals surface area contributed by atoms with E-state index in [0.29, 0.717) is 5.56 Å². The summed E-state index contributed by atoms with van der Waals surface area (Å²) in [6.45, 7) is 0. The molecule has 0 saturated carbocycles. The maximum absolute atomic E-state index is 12.1. The van der Waals surface area contributed by atoms with Crippen LogP contribution in [0.4, 0.5) is 13.2 Å². The Hall–Kier alpha value is -1.85. The summed E-state index contributed by atoms with van der Waals surface area (Å²) in [4.78, 5) is 13.4. The van der Waals surface area contributed by atoms with Crippen LogP contribution >= 0.6 is 0 Å². The molecule has 1 aromatic heterocycles. The Balaban J connectivity index is 2.69. The Morgan fingerprint density at radius 3 is 2.56 bits per heavy atom. The van der Waals surface area contributed by atoms with Crippen LogP contribution in [-0.2, 0) is 17.4 Å². The molecule has 16 heavy (non-hydrogen) atoms. The van der Waals surface area contributed by atoms with E-state index in [1.807, 2.05) is 0 Å². The van der Waals surface area contributed by atoms with E-state index >= 15 is 0 Å². The molecule has 0 saturated heterocycles. The zero-order valence-corrected chi connectivity index (χ0v) is 8.03. The molecule has 6 heteroatoms. The molecule has 1 aromatic rings. The molecule has 1 heterocycles. The second-order valence-electron chi connectivity index (χ2n) is 2.99. The van der Waals surface area contributed by atoms with Crippen molar-refractivity contribution in [1.82, 2.24) is 4.98 Å². The van der Waals surface area contributed by atoms with Crippen LogP contribution < -0.4 is 0 Å². The van der Waals surface area contributed by atoms with E-state index in [0.717, 1.165) is 18.3 Å². The van der Waals surface area contributed by atoms with Gasteiger partial charge in [0.25, 0.3) is 0 Å². The number of nitrogens with zero attached hydrogens (tertiary/aromatic N) is 1. The normalized spacial score (nSPS) is 11.9. The lowest BCUT2D eigenvalue weighted by molar-refractivity contribution is -0.141. The van der Waals surface area contributed by atoms with Gasteiger partial charge in [-0.05, 0) is 18.1 Å². The summed E-state index contributed by atoms with van der Waals surface area (Å²) in [5, 5.41) is 8.29. The summed E-state index contributed by atoms with van der Waals surface area (Å²) in [6.07, 6.45) is -0.869. The summed E-state index contributed by atoms with van der Waals surface area (Å²) in [6, 6.07) is 2.13. The monoisotopic (exact) mass is 231 g/mol. The third-order valence-electron chi connectivity index (χ3n) is 1.73. The largest absolute Gasteiger partial charge is 0.478 e. The van der Waals surface area contributed by atoms with Crippen LogP contribution in [0.15, 0.2) is 30.5 Å². The Morgan fingerprint density at radius 2 is 2.12 bits per heavy atom. The second kappa shape index (κ2) is 4.78. The number of hydrogen-bond acceptors (Lipinski definition) is 2. The van der Waals surface area contributed by atoms with Gasteiger partial charge in [-0.3, -0.25) is 4.98 Å². The Morgan fingerprint density at radius 1 is 1.44 bits per heavy atom. The SMILES string of the molecule is O=C(O)C=CCc1ccc(C(F)(F)F)nc1. The van der Waals surface area contributed by atoms with Gasteiger partial charge in [0.2, 0.25) is 0 Å². The number of rotatable bonds is 3. The molecule has 0 atom stereocenters. The van der Waals surface area contributed by atoms with Crippen molar-refractivity contribution in [2.24, 2.45) is 0 Å². The number of hydrogen-bond donors (Lipinski definition) is 1. The van der Waals surface area contributed by atoms with Gasteiger partial charge in [-0.1, -0.05) is 12.1 Å². The number of carbonyl (C=O) groups is 1. The minimum absolute atomic E-state index is 0.234. The van der Waals surface area contributed by atoms with Crippen molar-refractivity contribution >= 4 is 5.97 Å². The number of allylic oxidation sites excluding steroid dienone is 1. The number of carboxylic acids is 1. The number of aromatic nitrogens is 1. The summed E-state index contributed by atoms with van der Waals surface area (Å²) in [5.41, 5.74) is -0.441. The van der Waals surface area contributed by atoms with Crippen LogP contribution in [-0.4, -0.2) is 16.1 Å². The molecule has 0 spiro atoms. The number of carboxylic acid groups (broad SMARTS) is 1. The first-order valence-corrected chi connectivity index (χ1v) is 4.31. The summed E-state index contributed by atoms with van der Waals surface area (Å²) in [7, 11) is 0. The van der Waals surface area contributed by atoms with Gasteiger partial charge >= 0.3 is 12.1 Å². The molecule has 86 valence electrons. The maximum Gasteiger partial charge on any atom is 0.433 e. The smallest absolute Gasteiger partial charge is 0.433 e. The minimum Gasteiger partial charge on any atom is -0.478 e. The standard InChI is InChI=1S/C10H8F3NO2/c11-10(12,13)8-5-4-7(6-14-8)2-1-3-9(15)16/h1,3-6H,2H2,(H,15,16). The fourth-order valence-electron chi connectivity index (χ4n) is 1.01. The van der Waals surface area contributed by atoms with Crippen molar-refractivity contribution in [3.63, 3.8) is 0 Å². The van der Waals surface area contributed by atoms with Crippen molar-refractivity contribution in [3.8, 4) is 0 Å². The van der Waals surface area contributed by atoms with Crippen LogP contribution in [0, 0.1) is 0 Å². The first-order chi connectivity index (χ1) is 7.39. The Kier molecular flexibility index (Phi) is 3.65. The second-order valence-corrected chi connectivity index (χ2v) is 2.99. The van der Waals surface area contributed by atoms with Crippen molar-refractivity contribution in [1.29, 1.82) is 0 Å². The van der Waals surface area contributed by atoms with Gasteiger partial charge in [0.15, 0.2) is 0 Å². The summed E-state index contributed by atoms with van der Waals surface area (Å²) in [5.74, 6) is -1.10. The topological polar surface area (TPSA) is 50.2 Å². The van der Waals surface area contributed by atoms with Crippen LogP contribution in [0.5, 0.6) is 0 Å². The molecule has 0 aliphatic rings. The first kappa shape index (κ1) is 12.2. The molecule has 1 rings (SSSR count). The van der Waals surface area contributed by atoms with Gasteiger partial charge < -0.3 is 5.11 Å². The zero-order chi connectivity index (χ0) is 12.2. The quantitative estimate of drug-likeness (QED) is 0.812. The predicted octanol–water partition coefficient (Wildman–Crippen LogP) is 2.28. The van der Waals surface area contributed by atoms with Gasteiger partial charge in [0, 0.05) is 12.3 Å². The Bertz CT molecular complexity index is 396. The van der Waals surface area contributed by atoms with Crippen LogP contribution in [0.1, 0.15) is 11.3 Å². The van der Waals surface area contributed by atoms with E-state index in [2.05, 4.69) is 4.98 Å². The van der Waals surface area contributed by atoms with Gasteiger partial charge in [-0.25, -0.2) is 4.79 Å². The fraction of sp³-hybridized carbons (Fsp3) is 0.200. The number of pyridine rings is 1. The Labute approximate surface area is 89.2 Å². The molecule has 0 aromatic carbocycles. The molecular formula is C10H8F3NO2. The summed E-state index contributed by atoms with van der Waals surface area (Å²) >= 11 is 0. The highest BCUT2D eigenvalue weighted by Gasteiger charge is 2.31. The molecule has 1 N–H and O–H groups in total. The lowest BCUT2D eigenvalue weighted by Crippen LogP contribution is -2.07. The van der Waals surface area contributed by atoms with E-state index in [1.54, 1.807) is 0 Å². The van der Waals surface area contributed by atoms with Gasteiger partial charge in [-0.2, -0.15) is 13.2 Å². The first-order valence-electron chi connectivity index (χ1n) is 4.31. The molecule has 0 radical (unpaired) electrons. The summed E-state index contributed by atoms with van der Waals surface area (Å²) < 4.78 is 36.4. The van der Waals surface area contributed by atoms with Gasteiger partial charge in [0.05, 0.1) is 0 Å². The third-order valence-corrected chi connectivity index (χ3v) is 1.73. The minimum atomic E-state index is -4.45. The van der Waals surface area contributed by atoms with Crippen molar-refractivity contribution in [2.45, 2.75) is 12.6 Å². The van der Waals surface area contributed by atoms with Crippen molar-refractivity contribution < 1.29 is 23.1 Å². The van der Waals surface area contributed by atoms with E-state index in [9.17, 15) is 18.0 Å². The molecule has 0 aliphatic carbocycles. The zero-order valence-electron chi connectivity index (χ0n) is 8.03. The molecule has 3 nitrogen and oxygen atoms in total. The average molecular weight is 231 g/mol. The van der Waals surface area contributed by atoms with Crippen LogP contribution in [0.25, 0.3) is 0 Å². The molecule has 0 bridgehead atoms. The van der Waals surface area contributed by atoms with Gasteiger partial charge in [0.1, 0.15) is 5.69 Å². The van der Waals surface area contributed by atoms with Crippen LogP contribution in [0.2, 0.25) is 0 Å². The van der Waals surface area contributed by atoms with E-state index in [4.69, 9.17) is 5.11 Å². The van der Waals surface area contributed by atoms with Crippen LogP contribution in [0.3, 0.4) is 0 Å². The lowest BCUT2D eigenvalue weighted by atomic mass is 10.2. The maximum atomic E-state index is 12.1. The molecule has 0 amide bonds. The average Bonchev–Trinajstić information content (AvgIpc) is 2.16. The highest BCUT2D eigenvalue weighted by atomic mass is 19.4. The van der Waals surface area contributed by atoms with E-state index in [-0.39, 0.29) is 6.42 Å². The highest BCUT2D eigenvalue weighted by Crippen LogP contribution is 2.27. The van der Waals surface area contributed by atoms with Gasteiger partial charge in [-0.15, -0.1) is 0 Å². The molecular weight excluding hydrogens is 223 g/mol.